The number of amides is 2. The van der Waals surface area contributed by atoms with Gasteiger partial charge in [0, 0.05) is 29.9 Å². The topological polar surface area (TPSA) is 189 Å². The number of hydrogen-bond acceptors (Lipinski definition) is 15. The number of ether oxygens (including phenoxy) is 4. The molecule has 466 valence electrons. The van der Waals surface area contributed by atoms with Crippen LogP contribution in [-0.2, 0) is 57.8 Å². The Morgan fingerprint density at radius 3 is 1.75 bits per heavy atom. The zero-order valence-corrected chi connectivity index (χ0v) is 52.4. The number of methoxy groups -OCH3 is 1. The maximum absolute atomic E-state index is 15.1. The summed E-state index contributed by atoms with van der Waals surface area (Å²) in [5, 5.41) is 12.2. The lowest BCUT2D eigenvalue weighted by Crippen LogP contribution is -2.70. The first kappa shape index (κ1) is 62.4. The fourth-order valence-electron chi connectivity index (χ4n) is 11.5. The number of nitrogens with one attached hydrogen (secondary N) is 2. The molecular weight excluding hydrogens is 1210 g/mol. The van der Waals surface area contributed by atoms with Crippen LogP contribution in [0.2, 0.25) is 0 Å². The number of carbonyl (C=O) groups excluding carboxylic acids is 4. The monoisotopic (exact) mass is 1270 g/mol. The number of oxime groups is 1. The van der Waals surface area contributed by atoms with Crippen LogP contribution in [0.15, 0.2) is 282 Å². The van der Waals surface area contributed by atoms with E-state index in [0.717, 1.165) is 45.2 Å². The van der Waals surface area contributed by atoms with Crippen LogP contribution in [0.5, 0.6) is 11.5 Å². The van der Waals surface area contributed by atoms with Crippen molar-refractivity contribution < 1.29 is 43.0 Å². The number of thioether (sulfide) groups is 1. The van der Waals surface area contributed by atoms with Gasteiger partial charge < -0.3 is 39.0 Å². The van der Waals surface area contributed by atoms with Crippen LogP contribution in [0.1, 0.15) is 69.1 Å². The molecule has 2 aromatic heterocycles. The Morgan fingerprint density at radius 2 is 1.22 bits per heavy atom. The molecule has 1 fully saturated rings. The van der Waals surface area contributed by atoms with Crippen LogP contribution in [-0.4, -0.2) is 75.3 Å². The molecule has 2 aliphatic rings. The van der Waals surface area contributed by atoms with Crippen molar-refractivity contribution in [2.75, 3.05) is 24.8 Å². The maximum Gasteiger partial charge on any atom is 0.355 e. The summed E-state index contributed by atoms with van der Waals surface area (Å²) in [5.74, 6) is -2.98. The second kappa shape index (κ2) is 28.6. The standard InChI is InChI=1S/C75H64N6O10S2/c1-74(55-28-14-5-15-29-55,56-30-16-6-17-31-56)91-71(85)61(62-50-93-73(77-62)79-75(57-32-18-7-19-33-57,58-34-20-8-21-35-58)59-36-22-9-23-37-59)48-89-76-44-65(83)78-66-69(84)81-67(72(86)88-47-51-38-40-60(87-2)41-39-51)54(49-92-70(66)81)45-80-43-42-63(82)64(46-80)90-68(52-24-10-3-11-25-52)53-26-12-4-13-27-53/h3-44,46,50,61,66,68,70H,45,47-49H2,1-2H3,(H,77,79)(H,78,83)/b76-44-/t61-,66+,70+/m0/s1. The summed E-state index contributed by atoms with van der Waals surface area (Å²) in [7, 11) is 1.56. The Kier molecular flexibility index (Phi) is 19.2. The third-order valence-corrected chi connectivity index (χ3v) is 18.5. The van der Waals surface area contributed by atoms with Gasteiger partial charge in [0.05, 0.1) is 19.0 Å². The van der Waals surface area contributed by atoms with E-state index in [9.17, 15) is 19.2 Å². The highest BCUT2D eigenvalue weighted by Crippen LogP contribution is 2.44. The molecule has 3 atom stereocenters. The Morgan fingerprint density at radius 1 is 0.688 bits per heavy atom. The maximum atomic E-state index is 15.1. The van der Waals surface area contributed by atoms with Gasteiger partial charge in [-0.25, -0.2) is 9.78 Å². The smallest absolute Gasteiger partial charge is 0.355 e. The number of carbonyl (C=O) groups is 4. The minimum absolute atomic E-state index is 0.0206. The second-order valence-corrected chi connectivity index (χ2v) is 24.2. The van der Waals surface area contributed by atoms with Crippen LogP contribution in [0, 0.1) is 0 Å². The number of hydrogen-bond donors (Lipinski definition) is 2. The minimum Gasteiger partial charge on any atom is -0.497 e. The van der Waals surface area contributed by atoms with Crippen molar-refractivity contribution in [3.63, 3.8) is 0 Å². The zero-order valence-electron chi connectivity index (χ0n) is 50.7. The number of rotatable bonds is 25. The minimum atomic E-state index is -1.26. The Balaban J connectivity index is 0.791. The van der Waals surface area contributed by atoms with Crippen LogP contribution in [0.25, 0.3) is 0 Å². The summed E-state index contributed by atoms with van der Waals surface area (Å²) in [6.45, 7) is 1.41. The van der Waals surface area contributed by atoms with Crippen LogP contribution in [0.4, 0.5) is 5.13 Å². The zero-order chi connectivity index (χ0) is 64.2. The number of esters is 2. The van der Waals surface area contributed by atoms with Crippen molar-refractivity contribution in [1.29, 1.82) is 0 Å². The highest BCUT2D eigenvalue weighted by atomic mass is 32.2. The summed E-state index contributed by atoms with van der Waals surface area (Å²) in [4.78, 5) is 83.6. The summed E-state index contributed by atoms with van der Waals surface area (Å²) < 4.78 is 26.1. The molecule has 12 rings (SSSR count). The average Bonchev–Trinajstić information content (AvgIpc) is 1.03. The molecule has 16 nitrogen and oxygen atoms in total. The van der Waals surface area contributed by atoms with Gasteiger partial charge >= 0.3 is 11.9 Å². The quantitative estimate of drug-likeness (QED) is 0.0181. The van der Waals surface area contributed by atoms with Crippen LogP contribution in [0.3, 0.4) is 0 Å². The molecule has 0 aliphatic carbocycles. The van der Waals surface area contributed by atoms with E-state index in [4.69, 9.17) is 28.8 Å². The molecule has 0 spiro atoms. The molecule has 2 N–H and O–H groups in total. The third-order valence-electron chi connectivity index (χ3n) is 16.4. The lowest BCUT2D eigenvalue weighted by atomic mass is 9.77. The van der Waals surface area contributed by atoms with Crippen molar-refractivity contribution in [3.8, 4) is 11.5 Å². The Bertz CT molecular complexity index is 4160. The molecule has 2 amide bonds. The Hall–Kier alpha value is -10.8. The van der Waals surface area contributed by atoms with Crippen molar-refractivity contribution in [3.05, 3.63) is 332 Å². The van der Waals surface area contributed by atoms with Crippen molar-refractivity contribution in [2.45, 2.75) is 54.7 Å². The van der Waals surface area contributed by atoms with Crippen molar-refractivity contribution >= 4 is 58.2 Å². The van der Waals surface area contributed by atoms with E-state index < -0.39 is 64.9 Å². The van der Waals surface area contributed by atoms with E-state index in [0.29, 0.717) is 27.7 Å². The SMILES string of the molecule is COc1ccc(COC(=O)C2=C(Cn3ccc(=O)c(OC(c4ccccc4)c4ccccc4)c3)CS[C@@H]3[C@H](NC(=O)/C=N\OC[C@H](C(=O)OC(C)(c4ccccc4)c4ccccc4)c4csc(NC(c5ccccc5)(c5ccccc5)c5ccccc5)n4)C(=O)N23)cc1. The molecule has 4 heterocycles. The molecular formula is C75H64N6O10S2. The second-order valence-electron chi connectivity index (χ2n) is 22.3. The molecule has 93 heavy (non-hydrogen) atoms. The average molecular weight is 1270 g/mol. The summed E-state index contributed by atoms with van der Waals surface area (Å²) in [5.41, 5.74) is 5.04. The molecule has 0 saturated carbocycles. The van der Waals surface area contributed by atoms with Gasteiger partial charge in [0.2, 0.25) is 5.43 Å². The van der Waals surface area contributed by atoms with Gasteiger partial charge in [-0.15, -0.1) is 23.1 Å². The van der Waals surface area contributed by atoms with Gasteiger partial charge in [0.1, 0.15) is 59.9 Å². The first-order chi connectivity index (χ1) is 45.5. The van der Waals surface area contributed by atoms with E-state index in [1.165, 1.54) is 34.1 Å². The lowest BCUT2D eigenvalue weighted by molar-refractivity contribution is -0.159. The van der Waals surface area contributed by atoms with Gasteiger partial charge in [-0.2, -0.15) is 0 Å². The van der Waals surface area contributed by atoms with E-state index in [-0.39, 0.29) is 35.8 Å². The predicted molar refractivity (Wildman–Crippen MR) is 358 cm³/mol. The van der Waals surface area contributed by atoms with Gasteiger partial charge in [0.15, 0.2) is 16.5 Å². The van der Waals surface area contributed by atoms with Gasteiger partial charge in [0.25, 0.3) is 11.8 Å². The van der Waals surface area contributed by atoms with E-state index in [1.807, 2.05) is 183 Å². The number of thiazole rings is 1. The number of anilines is 1. The molecule has 0 radical (unpaired) electrons. The van der Waals surface area contributed by atoms with Crippen LogP contribution < -0.4 is 25.5 Å². The molecule has 1 saturated heterocycles. The largest absolute Gasteiger partial charge is 0.497 e. The Labute approximate surface area is 546 Å². The lowest BCUT2D eigenvalue weighted by Gasteiger charge is -2.49. The van der Waals surface area contributed by atoms with Gasteiger partial charge in [-0.1, -0.05) is 230 Å². The fraction of sp³-hybridized carbons (Fsp3) is 0.160. The molecule has 0 unspecified atom stereocenters. The summed E-state index contributed by atoms with van der Waals surface area (Å²) in [6.07, 6.45) is 3.47. The molecule has 18 heteroatoms. The molecule has 2 aliphatic heterocycles. The van der Waals surface area contributed by atoms with Crippen LogP contribution >= 0.6 is 23.1 Å². The highest BCUT2D eigenvalue weighted by molar-refractivity contribution is 8.00. The number of pyridine rings is 1. The van der Waals surface area contributed by atoms with E-state index >= 15 is 4.79 Å². The summed E-state index contributed by atoms with van der Waals surface area (Å²) in [6, 6.07) is 75.7. The highest BCUT2D eigenvalue weighted by Gasteiger charge is 2.54. The number of nitrogens with zero attached hydrogens (tertiary/aromatic N) is 4. The molecule has 8 aromatic carbocycles. The van der Waals surface area contributed by atoms with Crippen molar-refractivity contribution in [2.24, 2.45) is 5.16 Å². The van der Waals surface area contributed by atoms with Crippen molar-refractivity contribution in [1.82, 2.24) is 19.8 Å². The first-order valence-corrected chi connectivity index (χ1v) is 32.0. The van der Waals surface area contributed by atoms with Gasteiger partial charge in [-0.3, -0.25) is 24.1 Å². The molecule has 0 bridgehead atoms. The summed E-state index contributed by atoms with van der Waals surface area (Å²) >= 11 is 2.66. The first-order valence-electron chi connectivity index (χ1n) is 30.1. The number of aromatic nitrogens is 2. The fourth-order valence-corrected chi connectivity index (χ4v) is 13.7. The number of benzene rings is 8. The predicted octanol–water partition coefficient (Wildman–Crippen LogP) is 12.6. The third kappa shape index (κ3) is 13.8. The van der Waals surface area contributed by atoms with E-state index in [2.05, 4.69) is 52.2 Å². The van der Waals surface area contributed by atoms with Gasteiger partial charge in [-0.05, 0) is 69.1 Å². The van der Waals surface area contributed by atoms with E-state index in [1.54, 1.807) is 53.7 Å². The number of β-lactam (4-membered cyclic amide) rings is 1. The molecule has 10 aromatic rings. The normalized spacial score (nSPS) is 15.0. The number of fused-ring (bicyclic) bond motifs is 1.